The van der Waals surface area contributed by atoms with E-state index in [1.807, 2.05) is 39.8 Å². The van der Waals surface area contributed by atoms with Crippen LogP contribution >= 0.6 is 0 Å². The van der Waals surface area contributed by atoms with Gasteiger partial charge in [0, 0.05) is 35.8 Å². The fraction of sp³-hybridized carbons (Fsp3) is 0.453. The van der Waals surface area contributed by atoms with E-state index >= 15 is 0 Å². The third kappa shape index (κ3) is 17.5. The fourth-order valence-electron chi connectivity index (χ4n) is 6.85. The molecule has 68 heavy (non-hydrogen) atoms. The summed E-state index contributed by atoms with van der Waals surface area (Å²) in [5.74, 6) is 0.761. The van der Waals surface area contributed by atoms with Crippen molar-refractivity contribution in [2.75, 3.05) is 39.9 Å². The number of rotatable bonds is 18. The Labute approximate surface area is 404 Å². The molecule has 0 saturated heterocycles. The molecule has 3 heterocycles. The first-order valence-electron chi connectivity index (χ1n) is 24.0. The van der Waals surface area contributed by atoms with Crippen molar-refractivity contribution in [3.8, 4) is 33.6 Å². The predicted octanol–water partition coefficient (Wildman–Crippen LogP) is 11.4. The second kappa shape index (κ2) is 31.2. The number of pyridine rings is 1. The number of aromatic nitrogens is 5. The molecule has 0 spiro atoms. The molecular formula is C53H77N9O6. The van der Waals surface area contributed by atoms with Crippen LogP contribution in [0.2, 0.25) is 0 Å². The van der Waals surface area contributed by atoms with E-state index in [1.54, 1.807) is 35.3 Å². The Morgan fingerprint density at radius 1 is 0.691 bits per heavy atom. The van der Waals surface area contributed by atoms with Crippen molar-refractivity contribution in [2.45, 2.75) is 122 Å². The van der Waals surface area contributed by atoms with Crippen LogP contribution < -0.4 is 10.6 Å². The summed E-state index contributed by atoms with van der Waals surface area (Å²) in [4.78, 5) is 73.6. The molecule has 0 bridgehead atoms. The molecule has 5 rings (SSSR count). The molecule has 2 aromatic carbocycles. The number of fused-ring (bicyclic) bond motifs is 1. The number of alkyl carbamates (subject to hydrolysis) is 2. The molecule has 3 aromatic heterocycles. The molecule has 0 radical (unpaired) electrons. The smallest absolute Gasteiger partial charge is 0.407 e. The van der Waals surface area contributed by atoms with Crippen molar-refractivity contribution >= 4 is 41.0 Å². The summed E-state index contributed by atoms with van der Waals surface area (Å²) < 4.78 is 9.51. The number of H-pyrrole nitrogens is 2. The molecular weight excluding hydrogens is 859 g/mol. The van der Waals surface area contributed by atoms with E-state index in [9.17, 15) is 19.2 Å². The van der Waals surface area contributed by atoms with Crippen LogP contribution in [0.5, 0.6) is 0 Å². The number of hydrogen-bond donors (Lipinski definition) is 4. The van der Waals surface area contributed by atoms with Gasteiger partial charge in [-0.1, -0.05) is 116 Å². The summed E-state index contributed by atoms with van der Waals surface area (Å²) in [7, 11) is 1.25. The van der Waals surface area contributed by atoms with Gasteiger partial charge in [0.2, 0.25) is 11.8 Å². The number of carbonyl (C=O) groups is 4. The number of nitrogens with zero attached hydrogens (tertiary/aromatic N) is 5. The molecule has 0 atom stereocenters. The maximum absolute atomic E-state index is 13.0. The Hall–Kier alpha value is -6.77. The number of amides is 4. The van der Waals surface area contributed by atoms with Crippen LogP contribution in [0, 0.1) is 6.92 Å². The van der Waals surface area contributed by atoms with Crippen molar-refractivity contribution in [1.82, 2.24) is 45.4 Å². The Balaban J connectivity index is 0.00000186. The molecule has 4 N–H and O–H groups in total. The maximum atomic E-state index is 13.0. The number of aromatic amines is 2. The highest BCUT2D eigenvalue weighted by Gasteiger charge is 2.21. The minimum Gasteiger partial charge on any atom is -0.453 e. The fourth-order valence-corrected chi connectivity index (χ4v) is 6.85. The molecule has 4 amide bonds. The number of nitrogens with one attached hydrogen (secondary N) is 4. The summed E-state index contributed by atoms with van der Waals surface area (Å²) in [5, 5.41) is 5.92. The standard InChI is InChI=1S/C45H55N9O6.2C3H8.C2H6/c1-8-21-53(41(55)25-49-44(57)59-7)28-40-48-24-38(52-40)36-19-18-34(35-15-12-20-46-43(35)36)33-17-16-32(30(6)31(33)14-11-13-29(4)5)37-23-47-39(51-37)27-54(22-9-2)42(56)26-50-45(58)60-10-3;2*1-3-2;1-2/h11-20,23-24H,8-10,21-22,25-28H2,1-7H3,(H,47,51)(H,48,52)(H,49,57)(H,50,58);2*3H2,1-2H3;1-2H3/b14-11-;;;. The summed E-state index contributed by atoms with van der Waals surface area (Å²) in [6.45, 7) is 25.8. The lowest BCUT2D eigenvalue weighted by Crippen LogP contribution is -2.40. The summed E-state index contributed by atoms with van der Waals surface area (Å²) in [5.41, 5.74) is 9.44. The van der Waals surface area contributed by atoms with Gasteiger partial charge in [0.15, 0.2) is 0 Å². The van der Waals surface area contributed by atoms with Gasteiger partial charge >= 0.3 is 12.2 Å². The van der Waals surface area contributed by atoms with Crippen LogP contribution in [-0.4, -0.2) is 98.6 Å². The molecule has 370 valence electrons. The third-order valence-corrected chi connectivity index (χ3v) is 9.71. The topological polar surface area (TPSA) is 188 Å². The average molecular weight is 936 g/mol. The van der Waals surface area contributed by atoms with Crippen molar-refractivity contribution in [3.63, 3.8) is 0 Å². The van der Waals surface area contributed by atoms with E-state index in [2.05, 4.69) is 126 Å². The van der Waals surface area contributed by atoms with Gasteiger partial charge in [-0.3, -0.25) is 14.6 Å². The highest BCUT2D eigenvalue weighted by Crippen LogP contribution is 2.39. The second-order valence-electron chi connectivity index (χ2n) is 15.8. The van der Waals surface area contributed by atoms with Crippen LogP contribution in [-0.2, 0) is 32.2 Å². The number of benzene rings is 2. The minimum atomic E-state index is -0.665. The van der Waals surface area contributed by atoms with E-state index in [0.29, 0.717) is 24.7 Å². The van der Waals surface area contributed by atoms with Crippen LogP contribution in [0.1, 0.15) is 125 Å². The first kappa shape index (κ1) is 57.4. The normalized spacial score (nSPS) is 10.4. The van der Waals surface area contributed by atoms with Gasteiger partial charge in [0.05, 0.1) is 56.1 Å². The first-order chi connectivity index (χ1) is 32.8. The van der Waals surface area contributed by atoms with Crippen molar-refractivity contribution < 1.29 is 28.7 Å². The van der Waals surface area contributed by atoms with Crippen LogP contribution in [0.25, 0.3) is 50.6 Å². The molecule has 0 fully saturated rings. The van der Waals surface area contributed by atoms with Gasteiger partial charge in [0.1, 0.15) is 24.7 Å². The number of hydrogen-bond acceptors (Lipinski definition) is 9. The highest BCUT2D eigenvalue weighted by atomic mass is 16.5. The molecule has 0 aliphatic heterocycles. The molecule has 15 heteroatoms. The minimum absolute atomic E-state index is 0.165. The molecule has 0 aliphatic rings. The second-order valence-corrected chi connectivity index (χ2v) is 15.8. The van der Waals surface area contributed by atoms with Gasteiger partial charge in [-0.05, 0) is 74.9 Å². The lowest BCUT2D eigenvalue weighted by Gasteiger charge is -2.21. The van der Waals surface area contributed by atoms with Gasteiger partial charge in [0.25, 0.3) is 0 Å². The van der Waals surface area contributed by atoms with E-state index in [1.165, 1.54) is 25.5 Å². The Bertz CT molecular complexity index is 2390. The van der Waals surface area contributed by atoms with Crippen molar-refractivity contribution in [2.24, 2.45) is 0 Å². The van der Waals surface area contributed by atoms with Crippen LogP contribution in [0.4, 0.5) is 9.59 Å². The van der Waals surface area contributed by atoms with Crippen LogP contribution in [0.15, 0.2) is 72.7 Å². The van der Waals surface area contributed by atoms with Gasteiger partial charge < -0.3 is 39.9 Å². The Morgan fingerprint density at radius 3 is 1.71 bits per heavy atom. The first-order valence-corrected chi connectivity index (χ1v) is 24.0. The number of methoxy groups -OCH3 is 1. The van der Waals surface area contributed by atoms with Crippen molar-refractivity contribution in [1.29, 1.82) is 0 Å². The monoisotopic (exact) mass is 936 g/mol. The Morgan fingerprint density at radius 2 is 1.19 bits per heavy atom. The maximum Gasteiger partial charge on any atom is 0.407 e. The summed E-state index contributed by atoms with van der Waals surface area (Å²) >= 11 is 0. The lowest BCUT2D eigenvalue weighted by molar-refractivity contribution is -0.131. The number of imidazole rings is 2. The molecule has 15 nitrogen and oxygen atoms in total. The highest BCUT2D eigenvalue weighted by molar-refractivity contribution is 6.04. The SMILES string of the molecule is CC.CCC.CCC.CCCN(Cc1ncc(-c2ccc(-c3ccc(-c4cnc(CN(CCC)C(=O)CNC(=O)OC)[nH]4)c4ncccc34)c(/C=C\C=C(C)C)c2C)[nH]1)C(=O)CNC(=O)OCC. The van der Waals surface area contributed by atoms with Crippen molar-refractivity contribution in [3.05, 3.63) is 95.5 Å². The average Bonchev–Trinajstić information content (AvgIpc) is 4.01. The molecule has 0 aliphatic carbocycles. The molecule has 0 unspecified atom stereocenters. The van der Waals surface area contributed by atoms with E-state index < -0.39 is 12.2 Å². The van der Waals surface area contributed by atoms with E-state index in [4.69, 9.17) is 9.72 Å². The number of carbonyl (C=O) groups excluding carboxylic acids is 4. The van der Waals surface area contributed by atoms with Gasteiger partial charge in [-0.15, -0.1) is 0 Å². The van der Waals surface area contributed by atoms with E-state index in [-0.39, 0.29) is 44.6 Å². The largest absolute Gasteiger partial charge is 0.453 e. The lowest BCUT2D eigenvalue weighted by atomic mass is 9.88. The number of allylic oxidation sites excluding steroid dienone is 3. The van der Waals surface area contributed by atoms with Gasteiger partial charge in [-0.25, -0.2) is 19.6 Å². The summed E-state index contributed by atoms with van der Waals surface area (Å²) in [6, 6.07) is 12.3. The Kier molecular flexibility index (Phi) is 26.4. The molecule has 0 saturated carbocycles. The molecule has 5 aromatic rings. The zero-order valence-electron chi connectivity index (χ0n) is 42.9. The predicted molar refractivity (Wildman–Crippen MR) is 276 cm³/mol. The third-order valence-electron chi connectivity index (χ3n) is 9.71. The number of ether oxygens (including phenoxy) is 2. The summed E-state index contributed by atoms with van der Waals surface area (Å²) in [6.07, 6.45) is 14.3. The quantitative estimate of drug-likeness (QED) is 0.0620. The van der Waals surface area contributed by atoms with Crippen LogP contribution in [0.3, 0.4) is 0 Å². The zero-order valence-corrected chi connectivity index (χ0v) is 42.9. The van der Waals surface area contributed by atoms with E-state index in [0.717, 1.165) is 68.5 Å². The zero-order chi connectivity index (χ0) is 50.6. The van der Waals surface area contributed by atoms with Gasteiger partial charge in [-0.2, -0.15) is 0 Å².